The highest BCUT2D eigenvalue weighted by Crippen LogP contribution is 2.35. The fourth-order valence-electron chi connectivity index (χ4n) is 4.03. The quantitative estimate of drug-likeness (QED) is 0.474. The van der Waals surface area contributed by atoms with Crippen molar-refractivity contribution in [2.75, 3.05) is 25.5 Å². The first-order valence-electron chi connectivity index (χ1n) is 10.1. The number of oxazole rings is 1. The number of carbonyl (C=O) groups excluding carboxylic acids is 1. The lowest BCUT2D eigenvalue weighted by Gasteiger charge is -2.20. The van der Waals surface area contributed by atoms with Gasteiger partial charge in [0.25, 0.3) is 5.91 Å². The van der Waals surface area contributed by atoms with Gasteiger partial charge in [0.05, 0.1) is 6.26 Å². The number of amides is 1. The summed E-state index contributed by atoms with van der Waals surface area (Å²) in [5.74, 6) is 0.815. The number of furan rings is 1. The van der Waals surface area contributed by atoms with Crippen molar-refractivity contribution in [2.45, 2.75) is 18.9 Å². The third kappa shape index (κ3) is 3.24. The summed E-state index contributed by atoms with van der Waals surface area (Å²) < 4.78 is 11.3. The molecule has 2 aromatic carbocycles. The highest BCUT2D eigenvalue weighted by atomic mass is 16.4. The van der Waals surface area contributed by atoms with Gasteiger partial charge in [-0.3, -0.25) is 4.79 Å². The zero-order valence-electron chi connectivity index (χ0n) is 17.0. The number of nitrogens with zero attached hydrogens (tertiary/aromatic N) is 3. The van der Waals surface area contributed by atoms with E-state index >= 15 is 0 Å². The Morgan fingerprint density at radius 1 is 1.10 bits per heavy atom. The van der Waals surface area contributed by atoms with E-state index in [-0.39, 0.29) is 11.9 Å². The molecule has 1 saturated heterocycles. The molecule has 152 valence electrons. The first kappa shape index (κ1) is 18.5. The number of carbonyl (C=O) groups is 1. The smallest absolute Gasteiger partial charge is 0.290 e. The van der Waals surface area contributed by atoms with E-state index in [9.17, 15) is 4.79 Å². The van der Waals surface area contributed by atoms with Crippen LogP contribution in [-0.2, 0) is 0 Å². The molecule has 6 heteroatoms. The van der Waals surface area contributed by atoms with E-state index in [1.807, 2.05) is 32.3 Å². The van der Waals surface area contributed by atoms with Crippen molar-refractivity contribution in [3.8, 4) is 11.1 Å². The molecule has 5 rings (SSSR count). The van der Waals surface area contributed by atoms with E-state index in [4.69, 9.17) is 13.8 Å². The van der Waals surface area contributed by atoms with Crippen LogP contribution in [0.5, 0.6) is 0 Å². The molecule has 0 radical (unpaired) electrons. The number of fused-ring (bicyclic) bond motifs is 1. The monoisotopic (exact) mass is 401 g/mol. The van der Waals surface area contributed by atoms with E-state index in [1.165, 1.54) is 6.26 Å². The van der Waals surface area contributed by atoms with Crippen molar-refractivity contribution >= 4 is 22.7 Å². The van der Waals surface area contributed by atoms with Crippen LogP contribution in [-0.4, -0.2) is 36.4 Å². The molecule has 0 N–H and O–H groups in total. The molecule has 1 aliphatic rings. The molecule has 1 amide bonds. The number of aromatic nitrogens is 1. The molecule has 30 heavy (non-hydrogen) atoms. The lowest BCUT2D eigenvalue weighted by atomic mass is 10.0. The molecule has 1 atom stereocenters. The Bertz CT molecular complexity index is 1180. The number of benzene rings is 2. The van der Waals surface area contributed by atoms with Crippen molar-refractivity contribution in [3.63, 3.8) is 0 Å². The number of hydrogen-bond acceptors (Lipinski definition) is 5. The zero-order valence-corrected chi connectivity index (χ0v) is 17.0. The fourth-order valence-corrected chi connectivity index (χ4v) is 4.03. The van der Waals surface area contributed by atoms with Crippen molar-refractivity contribution in [3.05, 3.63) is 72.5 Å². The summed E-state index contributed by atoms with van der Waals surface area (Å²) in [5, 5.41) is 0. The zero-order chi connectivity index (χ0) is 20.7. The molecule has 6 nitrogen and oxygen atoms in total. The maximum absolute atomic E-state index is 12.8. The Hall–Kier alpha value is -3.54. The third-order valence-corrected chi connectivity index (χ3v) is 5.65. The summed E-state index contributed by atoms with van der Waals surface area (Å²) in [6.07, 6.45) is 3.27. The SMILES string of the molecule is CN(C)c1ccc(-c2ccc3oc([C@H]4CCCN4C(=O)c4ccco4)nc3c2)cc1. The third-order valence-electron chi connectivity index (χ3n) is 5.65. The summed E-state index contributed by atoms with van der Waals surface area (Å²) >= 11 is 0. The van der Waals surface area contributed by atoms with E-state index in [0.29, 0.717) is 18.2 Å². The lowest BCUT2D eigenvalue weighted by molar-refractivity contribution is 0.0684. The molecule has 4 aromatic rings. The molecule has 0 saturated carbocycles. The summed E-state index contributed by atoms with van der Waals surface area (Å²) in [5.41, 5.74) is 4.91. The van der Waals surface area contributed by atoms with Crippen LogP contribution >= 0.6 is 0 Å². The molecular weight excluding hydrogens is 378 g/mol. The second kappa shape index (κ2) is 7.37. The topological polar surface area (TPSA) is 62.7 Å². The molecule has 1 fully saturated rings. The van der Waals surface area contributed by atoms with Gasteiger partial charge < -0.3 is 18.6 Å². The van der Waals surface area contributed by atoms with Crippen molar-refractivity contribution in [1.29, 1.82) is 0 Å². The first-order valence-corrected chi connectivity index (χ1v) is 10.1. The van der Waals surface area contributed by atoms with Crippen LogP contribution in [0.2, 0.25) is 0 Å². The van der Waals surface area contributed by atoms with Gasteiger partial charge in [0, 0.05) is 26.3 Å². The van der Waals surface area contributed by atoms with Gasteiger partial charge in [-0.05, 0) is 60.4 Å². The van der Waals surface area contributed by atoms with Gasteiger partial charge in [0.15, 0.2) is 11.3 Å². The molecule has 0 unspecified atom stereocenters. The van der Waals surface area contributed by atoms with Crippen LogP contribution in [0.3, 0.4) is 0 Å². The highest BCUT2D eigenvalue weighted by Gasteiger charge is 2.35. The Morgan fingerprint density at radius 3 is 2.63 bits per heavy atom. The molecule has 0 spiro atoms. The van der Waals surface area contributed by atoms with Crippen molar-refractivity contribution < 1.29 is 13.6 Å². The van der Waals surface area contributed by atoms with Gasteiger partial charge in [-0.15, -0.1) is 0 Å². The van der Waals surface area contributed by atoms with Gasteiger partial charge in [-0.25, -0.2) is 4.98 Å². The second-order valence-corrected chi connectivity index (χ2v) is 7.81. The van der Waals surface area contributed by atoms with Crippen molar-refractivity contribution in [2.24, 2.45) is 0 Å². The van der Waals surface area contributed by atoms with Crippen molar-refractivity contribution in [1.82, 2.24) is 9.88 Å². The normalized spacial score (nSPS) is 16.3. The maximum Gasteiger partial charge on any atom is 0.290 e. The van der Waals surface area contributed by atoms with Gasteiger partial charge >= 0.3 is 0 Å². The Kier molecular flexibility index (Phi) is 4.54. The van der Waals surface area contributed by atoms with Crippen LogP contribution in [0.15, 0.2) is 69.7 Å². The largest absolute Gasteiger partial charge is 0.459 e. The predicted molar refractivity (Wildman–Crippen MR) is 115 cm³/mol. The molecule has 1 aliphatic heterocycles. The van der Waals surface area contributed by atoms with Gasteiger partial charge in [-0.1, -0.05) is 18.2 Å². The summed E-state index contributed by atoms with van der Waals surface area (Å²) in [6, 6.07) is 17.7. The average molecular weight is 401 g/mol. The minimum atomic E-state index is -0.169. The second-order valence-electron chi connectivity index (χ2n) is 7.81. The lowest BCUT2D eigenvalue weighted by Crippen LogP contribution is -2.30. The number of likely N-dealkylation sites (tertiary alicyclic amines) is 1. The van der Waals surface area contributed by atoms with Crippen LogP contribution in [0, 0.1) is 0 Å². The first-order chi connectivity index (χ1) is 14.6. The Labute approximate surface area is 174 Å². The molecule has 0 bridgehead atoms. The van der Waals surface area contributed by atoms with Crippen LogP contribution in [0.1, 0.15) is 35.3 Å². The van der Waals surface area contributed by atoms with E-state index in [0.717, 1.165) is 40.8 Å². The predicted octanol–water partition coefficient (Wildman–Crippen LogP) is 5.13. The average Bonchev–Trinajstić information content (AvgIpc) is 3.52. The number of anilines is 1. The summed E-state index contributed by atoms with van der Waals surface area (Å²) in [4.78, 5) is 21.4. The molecule has 2 aromatic heterocycles. The molecule has 3 heterocycles. The van der Waals surface area contributed by atoms with Crippen LogP contribution in [0.25, 0.3) is 22.2 Å². The Morgan fingerprint density at radius 2 is 1.90 bits per heavy atom. The summed E-state index contributed by atoms with van der Waals surface area (Å²) in [7, 11) is 4.06. The molecular formula is C24H23N3O3. The fraction of sp³-hybridized carbons (Fsp3) is 0.250. The van der Waals surface area contributed by atoms with E-state index < -0.39 is 0 Å². The van der Waals surface area contributed by atoms with Gasteiger partial charge in [0.2, 0.25) is 5.89 Å². The minimum absolute atomic E-state index is 0.119. The van der Waals surface area contributed by atoms with E-state index in [1.54, 1.807) is 17.0 Å². The standard InChI is InChI=1S/C24H23N3O3/c1-26(2)18-10-7-16(8-11-18)17-9-12-21-19(15-17)25-23(30-21)20-5-3-13-27(20)24(28)22-6-4-14-29-22/h4,6-12,14-15,20H,3,5,13H2,1-2H3/t20-/m1/s1. The molecule has 0 aliphatic carbocycles. The maximum atomic E-state index is 12.8. The summed E-state index contributed by atoms with van der Waals surface area (Å²) in [6.45, 7) is 0.673. The van der Waals surface area contributed by atoms with E-state index in [2.05, 4.69) is 29.2 Å². The number of hydrogen-bond donors (Lipinski definition) is 0. The van der Waals surface area contributed by atoms with Crippen LogP contribution < -0.4 is 4.90 Å². The highest BCUT2D eigenvalue weighted by molar-refractivity contribution is 5.92. The Balaban J connectivity index is 1.44. The van der Waals surface area contributed by atoms with Gasteiger partial charge in [-0.2, -0.15) is 0 Å². The van der Waals surface area contributed by atoms with Crippen LogP contribution in [0.4, 0.5) is 5.69 Å². The number of rotatable bonds is 4. The van der Waals surface area contributed by atoms with Gasteiger partial charge in [0.1, 0.15) is 11.6 Å². The minimum Gasteiger partial charge on any atom is -0.459 e.